The molecule has 31 heavy (non-hydrogen) atoms. The van der Waals surface area contributed by atoms with Crippen LogP contribution in [0.4, 0.5) is 0 Å². The predicted molar refractivity (Wildman–Crippen MR) is 133 cm³/mol. The fourth-order valence-corrected chi connectivity index (χ4v) is 3.99. The van der Waals surface area contributed by atoms with E-state index in [-0.39, 0.29) is 24.0 Å². The van der Waals surface area contributed by atoms with Gasteiger partial charge in [0.05, 0.1) is 17.1 Å². The first kappa shape index (κ1) is 24.9. The minimum absolute atomic E-state index is 0. The van der Waals surface area contributed by atoms with Crippen LogP contribution in [0.3, 0.4) is 0 Å². The zero-order chi connectivity index (χ0) is 21.7. The minimum Gasteiger partial charge on any atom is -0.444 e. The highest BCUT2D eigenvalue weighted by atomic mass is 127. The van der Waals surface area contributed by atoms with E-state index < -0.39 is 9.84 Å². The second-order valence-electron chi connectivity index (χ2n) is 7.16. The van der Waals surface area contributed by atoms with E-state index in [0.29, 0.717) is 29.8 Å². The minimum atomic E-state index is -3.22. The van der Waals surface area contributed by atoms with Crippen molar-refractivity contribution >= 4 is 39.8 Å². The highest BCUT2D eigenvalue weighted by Gasteiger charge is 2.11. The summed E-state index contributed by atoms with van der Waals surface area (Å²) in [5.41, 5.74) is 4.57. The predicted octanol–water partition coefficient (Wildman–Crippen LogP) is 3.85. The lowest BCUT2D eigenvalue weighted by molar-refractivity contribution is 0.572. The van der Waals surface area contributed by atoms with Crippen LogP contribution < -0.4 is 10.6 Å². The van der Waals surface area contributed by atoms with Crippen molar-refractivity contribution in [1.82, 2.24) is 15.6 Å². The summed E-state index contributed by atoms with van der Waals surface area (Å²) in [6.07, 6.45) is 2.84. The lowest BCUT2D eigenvalue weighted by Crippen LogP contribution is -2.36. The Labute approximate surface area is 200 Å². The number of aryl methyl sites for hydroxylation is 2. The summed E-state index contributed by atoms with van der Waals surface area (Å²) >= 11 is 0. The molecule has 166 valence electrons. The molecule has 0 aliphatic rings. The third-order valence-electron chi connectivity index (χ3n) is 4.61. The van der Waals surface area contributed by atoms with Gasteiger partial charge in [-0.25, -0.2) is 13.4 Å². The number of aromatic nitrogens is 1. The quantitative estimate of drug-likeness (QED) is 0.273. The van der Waals surface area contributed by atoms with Gasteiger partial charge in [0, 0.05) is 25.4 Å². The zero-order valence-corrected chi connectivity index (χ0v) is 21.1. The highest BCUT2D eigenvalue weighted by Crippen LogP contribution is 2.19. The van der Waals surface area contributed by atoms with Crippen LogP contribution in [0, 0.1) is 13.8 Å². The number of guanidine groups is 1. The fraction of sp³-hybridized carbons (Fsp3) is 0.273. The maximum atomic E-state index is 11.7. The standard InChI is InChI=1S/C22H26N4O3S.HI/c1-15-5-8-18(9-6-15)21-26-19(14-29-21)13-25-22(23-3)24-12-17-7-10-20(16(2)11-17)30(4,27)28;/h5-11,14H,12-13H2,1-4H3,(H2,23,24,25);1H. The molecule has 0 bridgehead atoms. The van der Waals surface area contributed by atoms with Crippen molar-refractivity contribution in [2.75, 3.05) is 13.3 Å². The number of sulfone groups is 1. The van der Waals surface area contributed by atoms with Gasteiger partial charge in [0.1, 0.15) is 6.26 Å². The molecule has 0 aliphatic heterocycles. The van der Waals surface area contributed by atoms with Crippen molar-refractivity contribution in [2.45, 2.75) is 31.8 Å². The zero-order valence-electron chi connectivity index (χ0n) is 18.0. The van der Waals surface area contributed by atoms with Crippen molar-refractivity contribution in [2.24, 2.45) is 4.99 Å². The number of nitrogens with one attached hydrogen (secondary N) is 2. The Balaban J connectivity index is 0.00000341. The number of nitrogens with zero attached hydrogens (tertiary/aromatic N) is 2. The molecule has 1 heterocycles. The number of benzene rings is 2. The molecule has 2 aromatic carbocycles. The Bertz CT molecular complexity index is 1160. The number of hydrogen-bond acceptors (Lipinski definition) is 5. The number of halogens is 1. The van der Waals surface area contributed by atoms with E-state index in [0.717, 1.165) is 22.4 Å². The van der Waals surface area contributed by atoms with Gasteiger partial charge >= 0.3 is 0 Å². The Morgan fingerprint density at radius 1 is 1.06 bits per heavy atom. The van der Waals surface area contributed by atoms with Gasteiger partial charge in [-0.3, -0.25) is 4.99 Å². The summed E-state index contributed by atoms with van der Waals surface area (Å²) in [7, 11) is -1.53. The van der Waals surface area contributed by atoms with Crippen LogP contribution in [-0.4, -0.2) is 32.7 Å². The van der Waals surface area contributed by atoms with Gasteiger partial charge in [-0.2, -0.15) is 0 Å². The van der Waals surface area contributed by atoms with Gasteiger partial charge in [0.25, 0.3) is 0 Å². The van der Waals surface area contributed by atoms with Crippen LogP contribution in [0.1, 0.15) is 22.4 Å². The van der Waals surface area contributed by atoms with Gasteiger partial charge in [-0.05, 0) is 43.2 Å². The molecule has 3 aromatic rings. The average molecular weight is 554 g/mol. The molecule has 7 nitrogen and oxygen atoms in total. The molecule has 0 radical (unpaired) electrons. The number of aliphatic imine (C=N–C) groups is 1. The molecule has 3 rings (SSSR count). The molecule has 0 aliphatic carbocycles. The van der Waals surface area contributed by atoms with Crippen LogP contribution in [0.15, 0.2) is 63.0 Å². The molecule has 1 aromatic heterocycles. The van der Waals surface area contributed by atoms with Crippen LogP contribution in [-0.2, 0) is 22.9 Å². The highest BCUT2D eigenvalue weighted by molar-refractivity contribution is 14.0. The van der Waals surface area contributed by atoms with Crippen molar-refractivity contribution in [3.63, 3.8) is 0 Å². The van der Waals surface area contributed by atoms with Gasteiger partial charge < -0.3 is 15.1 Å². The first-order chi connectivity index (χ1) is 14.3. The molecule has 2 N–H and O–H groups in total. The third-order valence-corrected chi connectivity index (χ3v) is 5.87. The van der Waals surface area contributed by atoms with E-state index in [1.165, 1.54) is 11.8 Å². The van der Waals surface area contributed by atoms with Crippen molar-refractivity contribution in [3.8, 4) is 11.5 Å². The molecule has 0 unspecified atom stereocenters. The van der Waals surface area contributed by atoms with Crippen LogP contribution in [0.5, 0.6) is 0 Å². The Kier molecular flexibility index (Phi) is 8.63. The molecule has 9 heteroatoms. The molecule has 0 fully saturated rings. The van der Waals surface area contributed by atoms with E-state index in [1.807, 2.05) is 37.3 Å². The van der Waals surface area contributed by atoms with Gasteiger partial charge in [0.15, 0.2) is 15.8 Å². The summed E-state index contributed by atoms with van der Waals surface area (Å²) in [5.74, 6) is 1.19. The van der Waals surface area contributed by atoms with Crippen LogP contribution in [0.25, 0.3) is 11.5 Å². The maximum absolute atomic E-state index is 11.7. The van der Waals surface area contributed by atoms with Crippen LogP contribution in [0.2, 0.25) is 0 Å². The largest absolute Gasteiger partial charge is 0.444 e. The SMILES string of the molecule is CN=C(NCc1ccc(S(C)(=O)=O)c(C)c1)NCc1coc(-c2ccc(C)cc2)n1.I. The third kappa shape index (κ3) is 6.79. The fourth-order valence-electron chi connectivity index (χ4n) is 3.04. The maximum Gasteiger partial charge on any atom is 0.226 e. The van der Waals surface area contributed by atoms with Crippen LogP contribution >= 0.6 is 24.0 Å². The van der Waals surface area contributed by atoms with E-state index in [4.69, 9.17) is 4.42 Å². The monoisotopic (exact) mass is 554 g/mol. The second-order valence-corrected chi connectivity index (χ2v) is 9.15. The Morgan fingerprint density at radius 2 is 1.74 bits per heavy atom. The first-order valence-corrected chi connectivity index (χ1v) is 11.4. The summed E-state index contributed by atoms with van der Waals surface area (Å²) in [4.78, 5) is 9.07. The lowest BCUT2D eigenvalue weighted by Gasteiger charge is -2.12. The summed E-state index contributed by atoms with van der Waals surface area (Å²) < 4.78 is 29.1. The summed E-state index contributed by atoms with van der Waals surface area (Å²) in [6.45, 7) is 4.80. The Hall–Kier alpha value is -2.40. The molecule has 0 spiro atoms. The number of rotatable bonds is 6. The molecular weight excluding hydrogens is 527 g/mol. The van der Waals surface area contributed by atoms with Gasteiger partial charge in [-0.1, -0.05) is 29.8 Å². The number of oxazole rings is 1. The smallest absolute Gasteiger partial charge is 0.226 e. The number of hydrogen-bond donors (Lipinski definition) is 2. The topological polar surface area (TPSA) is 96.6 Å². The van der Waals surface area contributed by atoms with E-state index in [1.54, 1.807) is 32.4 Å². The normalized spacial score (nSPS) is 11.7. The Morgan fingerprint density at radius 3 is 2.35 bits per heavy atom. The van der Waals surface area contributed by atoms with Gasteiger partial charge in [-0.15, -0.1) is 24.0 Å². The molecule has 0 saturated heterocycles. The van der Waals surface area contributed by atoms with E-state index >= 15 is 0 Å². The first-order valence-electron chi connectivity index (χ1n) is 9.52. The summed E-state index contributed by atoms with van der Waals surface area (Å²) in [6, 6.07) is 13.3. The summed E-state index contributed by atoms with van der Waals surface area (Å²) in [5, 5.41) is 6.42. The average Bonchev–Trinajstić information content (AvgIpc) is 3.17. The van der Waals surface area contributed by atoms with E-state index in [9.17, 15) is 8.42 Å². The lowest BCUT2D eigenvalue weighted by atomic mass is 10.1. The molecule has 0 amide bonds. The molecule has 0 atom stereocenters. The molecule has 0 saturated carbocycles. The van der Waals surface area contributed by atoms with Gasteiger partial charge in [0.2, 0.25) is 5.89 Å². The van der Waals surface area contributed by atoms with Crippen molar-refractivity contribution < 1.29 is 12.8 Å². The second kappa shape index (κ2) is 10.8. The van der Waals surface area contributed by atoms with E-state index in [2.05, 4.69) is 20.6 Å². The molecular formula is C22H27IN4O3S. The van der Waals surface area contributed by atoms with Crippen molar-refractivity contribution in [1.29, 1.82) is 0 Å². The van der Waals surface area contributed by atoms with Crippen molar-refractivity contribution in [3.05, 3.63) is 71.1 Å².